The molecule has 0 aromatic rings. The summed E-state index contributed by atoms with van der Waals surface area (Å²) >= 11 is 0. The Bertz CT molecular complexity index is 148. The van der Waals surface area contributed by atoms with Gasteiger partial charge in [0.05, 0.1) is 0 Å². The molecule has 0 bridgehead atoms. The van der Waals surface area contributed by atoms with Gasteiger partial charge in [0.1, 0.15) is 5.67 Å². The average Bonchev–Trinajstić information content (AvgIpc) is 2.13. The van der Waals surface area contributed by atoms with Crippen molar-refractivity contribution in [1.29, 1.82) is 0 Å². The molecule has 0 aromatic heterocycles. The van der Waals surface area contributed by atoms with Crippen molar-refractivity contribution in [3.8, 4) is 0 Å². The van der Waals surface area contributed by atoms with Gasteiger partial charge in [-0.05, 0) is 19.4 Å². The van der Waals surface area contributed by atoms with Gasteiger partial charge in [-0.15, -0.1) is 0 Å². The fourth-order valence-corrected chi connectivity index (χ4v) is 2.11. The van der Waals surface area contributed by atoms with Gasteiger partial charge in [-0.2, -0.15) is 0 Å². The first-order chi connectivity index (χ1) is 4.74. The van der Waals surface area contributed by atoms with Gasteiger partial charge in [-0.3, -0.25) is 0 Å². The highest BCUT2D eigenvalue weighted by molar-refractivity contribution is 5.04. The Morgan fingerprint density at radius 1 is 1.70 bits per heavy atom. The molecular weight excluding hydrogens is 129 g/mol. The molecule has 0 N–H and O–H groups in total. The molecule has 2 aliphatic rings. The largest absolute Gasteiger partial charge is 0.300 e. The van der Waals surface area contributed by atoms with E-state index >= 15 is 0 Å². The smallest absolute Gasteiger partial charge is 0.127 e. The van der Waals surface area contributed by atoms with Crippen LogP contribution in [0.4, 0.5) is 4.39 Å². The Balaban J connectivity index is 2.02. The second-order valence-electron chi connectivity index (χ2n) is 3.60. The molecule has 2 atom stereocenters. The zero-order chi connectivity index (χ0) is 7.19. The van der Waals surface area contributed by atoms with E-state index in [9.17, 15) is 4.39 Å². The molecule has 2 heteroatoms. The van der Waals surface area contributed by atoms with Gasteiger partial charge in [0.25, 0.3) is 0 Å². The van der Waals surface area contributed by atoms with Gasteiger partial charge in [0.15, 0.2) is 0 Å². The Kier molecular flexibility index (Phi) is 1.28. The standard InChI is InChI=1S/C8H14FN/c1-2-10-5-7-3-4-8(7,9)6-10/h7H,2-6H2,1H3. The first-order valence-corrected chi connectivity index (χ1v) is 4.16. The average molecular weight is 143 g/mol. The van der Waals surface area contributed by atoms with Crippen molar-refractivity contribution in [1.82, 2.24) is 4.90 Å². The van der Waals surface area contributed by atoms with E-state index in [1.165, 1.54) is 0 Å². The number of nitrogens with zero attached hydrogens (tertiary/aromatic N) is 1. The Labute approximate surface area is 61.2 Å². The van der Waals surface area contributed by atoms with Gasteiger partial charge in [-0.1, -0.05) is 6.92 Å². The molecule has 1 aliphatic heterocycles. The third-order valence-corrected chi connectivity index (χ3v) is 3.05. The number of hydrogen-bond donors (Lipinski definition) is 0. The van der Waals surface area contributed by atoms with Gasteiger partial charge in [0.2, 0.25) is 0 Å². The van der Waals surface area contributed by atoms with Crippen LogP contribution in [0.5, 0.6) is 0 Å². The summed E-state index contributed by atoms with van der Waals surface area (Å²) in [5, 5.41) is 0. The minimum Gasteiger partial charge on any atom is -0.300 e. The first-order valence-electron chi connectivity index (χ1n) is 4.16. The summed E-state index contributed by atoms with van der Waals surface area (Å²) in [6, 6.07) is 0. The third kappa shape index (κ3) is 0.715. The number of likely N-dealkylation sites (tertiary alicyclic amines) is 1. The summed E-state index contributed by atoms with van der Waals surface area (Å²) in [6.07, 6.45) is 1.93. The lowest BCUT2D eigenvalue weighted by molar-refractivity contribution is 0.0282. The number of rotatable bonds is 1. The van der Waals surface area contributed by atoms with Crippen LogP contribution < -0.4 is 0 Å². The van der Waals surface area contributed by atoms with E-state index in [1.54, 1.807) is 0 Å². The van der Waals surface area contributed by atoms with E-state index in [1.807, 2.05) is 0 Å². The lowest BCUT2D eigenvalue weighted by atomic mass is 9.74. The molecule has 2 fully saturated rings. The van der Waals surface area contributed by atoms with Crippen molar-refractivity contribution in [2.75, 3.05) is 19.6 Å². The fraction of sp³-hybridized carbons (Fsp3) is 1.00. The van der Waals surface area contributed by atoms with E-state index < -0.39 is 5.67 Å². The molecule has 0 radical (unpaired) electrons. The summed E-state index contributed by atoms with van der Waals surface area (Å²) in [5.74, 6) is 0.382. The normalized spacial score (nSPS) is 46.8. The fourth-order valence-electron chi connectivity index (χ4n) is 2.11. The van der Waals surface area contributed by atoms with Crippen molar-refractivity contribution in [2.24, 2.45) is 5.92 Å². The molecule has 1 saturated carbocycles. The summed E-state index contributed by atoms with van der Waals surface area (Å²) in [6.45, 7) is 4.83. The minimum absolute atomic E-state index is 0.382. The van der Waals surface area contributed by atoms with E-state index in [4.69, 9.17) is 0 Å². The molecule has 1 nitrogen and oxygen atoms in total. The minimum atomic E-state index is -0.768. The van der Waals surface area contributed by atoms with Crippen LogP contribution >= 0.6 is 0 Å². The topological polar surface area (TPSA) is 3.24 Å². The third-order valence-electron chi connectivity index (χ3n) is 3.05. The molecular formula is C8H14FN. The van der Waals surface area contributed by atoms with E-state index in [0.717, 1.165) is 25.9 Å². The molecule has 0 spiro atoms. The van der Waals surface area contributed by atoms with Crippen LogP contribution in [0.15, 0.2) is 0 Å². The molecule has 10 heavy (non-hydrogen) atoms. The second-order valence-corrected chi connectivity index (χ2v) is 3.60. The summed E-state index contributed by atoms with van der Waals surface area (Å²) in [4.78, 5) is 2.22. The van der Waals surface area contributed by atoms with Crippen LogP contribution in [-0.4, -0.2) is 30.2 Å². The van der Waals surface area contributed by atoms with E-state index in [2.05, 4.69) is 11.8 Å². The highest BCUT2D eigenvalue weighted by Crippen LogP contribution is 2.47. The summed E-state index contributed by atoms with van der Waals surface area (Å²) in [7, 11) is 0. The number of hydrogen-bond acceptors (Lipinski definition) is 1. The lowest BCUT2D eigenvalue weighted by Gasteiger charge is -2.36. The number of fused-ring (bicyclic) bond motifs is 1. The molecule has 1 heterocycles. The zero-order valence-corrected chi connectivity index (χ0v) is 6.44. The maximum atomic E-state index is 13.5. The number of alkyl halides is 1. The molecule has 1 saturated heterocycles. The summed E-state index contributed by atoms with van der Waals surface area (Å²) < 4.78 is 13.5. The van der Waals surface area contributed by atoms with Gasteiger partial charge < -0.3 is 4.90 Å². The molecule has 0 amide bonds. The zero-order valence-electron chi connectivity index (χ0n) is 6.44. The lowest BCUT2D eigenvalue weighted by Crippen LogP contribution is -2.41. The molecule has 1 aliphatic carbocycles. The van der Waals surface area contributed by atoms with Crippen LogP contribution in [0.1, 0.15) is 19.8 Å². The quantitative estimate of drug-likeness (QED) is 0.537. The van der Waals surface area contributed by atoms with Crippen LogP contribution in [-0.2, 0) is 0 Å². The second kappa shape index (κ2) is 1.94. The van der Waals surface area contributed by atoms with Crippen molar-refractivity contribution >= 4 is 0 Å². The molecule has 0 aromatic carbocycles. The van der Waals surface area contributed by atoms with Gasteiger partial charge in [-0.25, -0.2) is 4.39 Å². The van der Waals surface area contributed by atoms with E-state index in [-0.39, 0.29) is 0 Å². The van der Waals surface area contributed by atoms with E-state index in [0.29, 0.717) is 12.5 Å². The van der Waals surface area contributed by atoms with Crippen LogP contribution in [0.2, 0.25) is 0 Å². The number of halogens is 1. The van der Waals surface area contributed by atoms with Crippen molar-refractivity contribution in [3.05, 3.63) is 0 Å². The highest BCUT2D eigenvalue weighted by Gasteiger charge is 2.53. The Hall–Kier alpha value is -0.110. The SMILES string of the molecule is CCN1CC2CCC2(F)C1. The van der Waals surface area contributed by atoms with Crippen LogP contribution in [0.3, 0.4) is 0 Å². The Morgan fingerprint density at radius 2 is 2.50 bits per heavy atom. The van der Waals surface area contributed by atoms with Crippen LogP contribution in [0.25, 0.3) is 0 Å². The molecule has 58 valence electrons. The van der Waals surface area contributed by atoms with Gasteiger partial charge in [0, 0.05) is 19.0 Å². The van der Waals surface area contributed by atoms with Crippen molar-refractivity contribution in [3.63, 3.8) is 0 Å². The first kappa shape index (κ1) is 6.59. The highest BCUT2D eigenvalue weighted by atomic mass is 19.1. The molecule has 2 rings (SSSR count). The molecule has 2 unspecified atom stereocenters. The monoisotopic (exact) mass is 143 g/mol. The predicted molar refractivity (Wildman–Crippen MR) is 38.7 cm³/mol. The van der Waals surface area contributed by atoms with Gasteiger partial charge >= 0.3 is 0 Å². The van der Waals surface area contributed by atoms with Crippen molar-refractivity contribution < 1.29 is 4.39 Å². The van der Waals surface area contributed by atoms with Crippen molar-refractivity contribution in [2.45, 2.75) is 25.4 Å². The summed E-state index contributed by atoms with van der Waals surface area (Å²) in [5.41, 5.74) is -0.768. The predicted octanol–water partition coefficient (Wildman–Crippen LogP) is 1.44. The maximum Gasteiger partial charge on any atom is 0.127 e. The van der Waals surface area contributed by atoms with Crippen LogP contribution in [0, 0.1) is 5.92 Å². The Morgan fingerprint density at radius 3 is 2.80 bits per heavy atom. The maximum absolute atomic E-state index is 13.5.